The van der Waals surface area contributed by atoms with Crippen LogP contribution in [0, 0.1) is 0 Å². The summed E-state index contributed by atoms with van der Waals surface area (Å²) in [5.74, 6) is 3.04. The van der Waals surface area contributed by atoms with Crippen LogP contribution in [0.25, 0.3) is 11.4 Å². The molecule has 0 amide bonds. The zero-order chi connectivity index (χ0) is 18.5. The van der Waals surface area contributed by atoms with E-state index in [-0.39, 0.29) is 30.8 Å². The van der Waals surface area contributed by atoms with Gasteiger partial charge in [0.25, 0.3) is 0 Å². The summed E-state index contributed by atoms with van der Waals surface area (Å²) in [6, 6.07) is 14.0. The smallest absolute Gasteiger partial charge is 0.231 e. The number of nitrogens with one attached hydrogen (secondary N) is 3. The molecule has 0 aliphatic carbocycles. The van der Waals surface area contributed by atoms with Crippen LogP contribution in [0.15, 0.2) is 53.8 Å². The lowest BCUT2D eigenvalue weighted by Gasteiger charge is -2.12. The molecular weight excluding hydrogens is 471 g/mol. The maximum atomic E-state index is 5.41. The van der Waals surface area contributed by atoms with E-state index in [0.717, 1.165) is 40.0 Å². The second kappa shape index (κ2) is 9.40. The molecule has 1 aliphatic rings. The Labute approximate surface area is 179 Å². The van der Waals surface area contributed by atoms with Crippen LogP contribution in [0.4, 0.5) is 0 Å². The van der Waals surface area contributed by atoms with E-state index in [4.69, 9.17) is 9.47 Å². The van der Waals surface area contributed by atoms with E-state index in [1.165, 1.54) is 6.33 Å². The number of nitrogens with zero attached hydrogens (tertiary/aromatic N) is 3. The van der Waals surface area contributed by atoms with Gasteiger partial charge in [0.05, 0.1) is 0 Å². The van der Waals surface area contributed by atoms with Crippen LogP contribution >= 0.6 is 24.0 Å². The van der Waals surface area contributed by atoms with Crippen molar-refractivity contribution in [3.63, 3.8) is 0 Å². The lowest BCUT2D eigenvalue weighted by atomic mass is 10.1. The van der Waals surface area contributed by atoms with E-state index in [9.17, 15) is 0 Å². The number of aliphatic imine (C=N–C) groups is 1. The minimum atomic E-state index is 0. The van der Waals surface area contributed by atoms with Gasteiger partial charge < -0.3 is 20.1 Å². The average Bonchev–Trinajstić information content (AvgIpc) is 3.40. The predicted octanol–water partition coefficient (Wildman–Crippen LogP) is 2.68. The summed E-state index contributed by atoms with van der Waals surface area (Å²) in [7, 11) is 1.75. The highest BCUT2D eigenvalue weighted by atomic mass is 127. The van der Waals surface area contributed by atoms with Crippen molar-refractivity contribution in [1.82, 2.24) is 25.8 Å². The normalized spacial score (nSPS) is 12.4. The minimum Gasteiger partial charge on any atom is -0.454 e. The molecule has 3 N–H and O–H groups in total. The highest BCUT2D eigenvalue weighted by Crippen LogP contribution is 2.32. The second-order valence-corrected chi connectivity index (χ2v) is 6.00. The average molecular weight is 492 g/mol. The number of rotatable bonds is 5. The molecule has 0 spiro atoms. The SMILES string of the molecule is CN=C(NCc1cccc(-c2ncn[nH]2)c1)NCc1ccc2c(c1)OCO2.I. The molecule has 28 heavy (non-hydrogen) atoms. The lowest BCUT2D eigenvalue weighted by molar-refractivity contribution is 0.174. The Morgan fingerprint density at radius 1 is 1.07 bits per heavy atom. The quantitative estimate of drug-likeness (QED) is 0.288. The van der Waals surface area contributed by atoms with Gasteiger partial charge in [-0.2, -0.15) is 5.10 Å². The van der Waals surface area contributed by atoms with Gasteiger partial charge in [-0.15, -0.1) is 24.0 Å². The zero-order valence-corrected chi connectivity index (χ0v) is 17.6. The first kappa shape index (κ1) is 19.9. The summed E-state index contributed by atoms with van der Waals surface area (Å²) in [6.07, 6.45) is 1.50. The van der Waals surface area contributed by atoms with E-state index in [1.54, 1.807) is 7.05 Å². The van der Waals surface area contributed by atoms with E-state index in [0.29, 0.717) is 13.1 Å². The Morgan fingerprint density at radius 2 is 1.86 bits per heavy atom. The van der Waals surface area contributed by atoms with Crippen molar-refractivity contribution in [2.24, 2.45) is 4.99 Å². The molecule has 0 unspecified atom stereocenters. The standard InChI is InChI=1S/C19H20N6O2.HI/c1-20-19(22-10-14-5-6-16-17(8-14)27-12-26-16)21-9-13-3-2-4-15(7-13)18-23-11-24-25-18;/h2-8,11H,9-10,12H2,1H3,(H2,20,21,22)(H,23,24,25);1H. The largest absolute Gasteiger partial charge is 0.454 e. The third-order valence-corrected chi connectivity index (χ3v) is 4.20. The van der Waals surface area contributed by atoms with E-state index < -0.39 is 0 Å². The number of halogens is 1. The summed E-state index contributed by atoms with van der Waals surface area (Å²) < 4.78 is 10.7. The molecule has 0 radical (unpaired) electrons. The van der Waals surface area contributed by atoms with Crippen molar-refractivity contribution in [3.05, 3.63) is 59.9 Å². The Kier molecular flexibility index (Phi) is 6.69. The fourth-order valence-corrected chi connectivity index (χ4v) is 2.82. The van der Waals surface area contributed by atoms with Gasteiger partial charge in [-0.25, -0.2) is 4.98 Å². The molecule has 0 saturated heterocycles. The van der Waals surface area contributed by atoms with Gasteiger partial charge in [-0.1, -0.05) is 24.3 Å². The monoisotopic (exact) mass is 492 g/mol. The number of hydrogen-bond donors (Lipinski definition) is 3. The van der Waals surface area contributed by atoms with Gasteiger partial charge in [-0.05, 0) is 29.3 Å². The number of fused-ring (bicyclic) bond motifs is 1. The first-order valence-corrected chi connectivity index (χ1v) is 8.59. The van der Waals surface area contributed by atoms with Crippen LogP contribution < -0.4 is 20.1 Å². The maximum absolute atomic E-state index is 5.41. The fourth-order valence-electron chi connectivity index (χ4n) is 2.82. The molecule has 4 rings (SSSR count). The summed E-state index contributed by atoms with van der Waals surface area (Å²) in [5.41, 5.74) is 3.21. The summed E-state index contributed by atoms with van der Waals surface area (Å²) in [4.78, 5) is 8.46. The molecule has 2 aromatic carbocycles. The second-order valence-electron chi connectivity index (χ2n) is 6.00. The van der Waals surface area contributed by atoms with Crippen LogP contribution in [0.3, 0.4) is 0 Å². The zero-order valence-electron chi connectivity index (χ0n) is 15.3. The van der Waals surface area contributed by atoms with Crippen molar-refractivity contribution >= 4 is 29.9 Å². The molecule has 0 bridgehead atoms. The van der Waals surface area contributed by atoms with Crippen LogP contribution in [-0.4, -0.2) is 35.0 Å². The van der Waals surface area contributed by atoms with Crippen LogP contribution in [0.2, 0.25) is 0 Å². The lowest BCUT2D eigenvalue weighted by Crippen LogP contribution is -2.36. The molecule has 1 aromatic heterocycles. The maximum Gasteiger partial charge on any atom is 0.231 e. The van der Waals surface area contributed by atoms with Crippen molar-refractivity contribution in [2.45, 2.75) is 13.1 Å². The van der Waals surface area contributed by atoms with Gasteiger partial charge in [-0.3, -0.25) is 10.1 Å². The van der Waals surface area contributed by atoms with Crippen molar-refractivity contribution in [1.29, 1.82) is 0 Å². The van der Waals surface area contributed by atoms with E-state index in [2.05, 4.69) is 42.9 Å². The predicted molar refractivity (Wildman–Crippen MR) is 117 cm³/mol. The summed E-state index contributed by atoms with van der Waals surface area (Å²) in [6.45, 7) is 1.56. The number of aromatic amines is 1. The highest BCUT2D eigenvalue weighted by Gasteiger charge is 2.13. The van der Waals surface area contributed by atoms with Crippen molar-refractivity contribution in [2.75, 3.05) is 13.8 Å². The topological polar surface area (TPSA) is 96.5 Å². The minimum absolute atomic E-state index is 0. The van der Waals surface area contributed by atoms with E-state index in [1.807, 2.05) is 30.3 Å². The van der Waals surface area contributed by atoms with Gasteiger partial charge in [0, 0.05) is 25.7 Å². The highest BCUT2D eigenvalue weighted by molar-refractivity contribution is 14.0. The van der Waals surface area contributed by atoms with Crippen molar-refractivity contribution in [3.8, 4) is 22.9 Å². The third-order valence-electron chi connectivity index (χ3n) is 4.20. The number of guanidine groups is 1. The number of aromatic nitrogens is 3. The molecular formula is C19H21IN6O2. The molecule has 0 fully saturated rings. The Hall–Kier alpha value is -2.82. The van der Waals surface area contributed by atoms with Gasteiger partial charge in [0.2, 0.25) is 6.79 Å². The van der Waals surface area contributed by atoms with Gasteiger partial charge in [0.1, 0.15) is 6.33 Å². The molecule has 2 heterocycles. The first-order chi connectivity index (χ1) is 13.3. The van der Waals surface area contributed by atoms with Gasteiger partial charge >= 0.3 is 0 Å². The number of ether oxygens (including phenoxy) is 2. The Morgan fingerprint density at radius 3 is 2.61 bits per heavy atom. The van der Waals surface area contributed by atoms with E-state index >= 15 is 0 Å². The molecule has 8 nitrogen and oxygen atoms in total. The number of hydrogen-bond acceptors (Lipinski definition) is 5. The number of benzene rings is 2. The van der Waals surface area contributed by atoms with Crippen molar-refractivity contribution < 1.29 is 9.47 Å². The molecule has 0 saturated carbocycles. The summed E-state index contributed by atoms with van der Waals surface area (Å²) >= 11 is 0. The molecule has 146 valence electrons. The molecule has 0 atom stereocenters. The third kappa shape index (κ3) is 4.71. The molecule has 3 aromatic rings. The van der Waals surface area contributed by atoms with Crippen LogP contribution in [0.1, 0.15) is 11.1 Å². The van der Waals surface area contributed by atoms with Crippen LogP contribution in [-0.2, 0) is 13.1 Å². The Bertz CT molecular complexity index is 945. The summed E-state index contributed by atoms with van der Waals surface area (Å²) in [5, 5.41) is 13.4. The number of H-pyrrole nitrogens is 1. The fraction of sp³-hybridized carbons (Fsp3) is 0.211. The van der Waals surface area contributed by atoms with Gasteiger partial charge in [0.15, 0.2) is 23.3 Å². The molecule has 9 heteroatoms. The Balaban J connectivity index is 0.00000225. The first-order valence-electron chi connectivity index (χ1n) is 8.59. The van der Waals surface area contributed by atoms with Crippen LogP contribution in [0.5, 0.6) is 11.5 Å². The molecule has 1 aliphatic heterocycles.